The number of benzene rings is 1. The van der Waals surface area contributed by atoms with E-state index >= 15 is 0 Å². The lowest BCUT2D eigenvalue weighted by Crippen LogP contribution is -2.11. The van der Waals surface area contributed by atoms with E-state index in [0.717, 1.165) is 5.56 Å². The Balaban J connectivity index is 2.18. The third-order valence-corrected chi connectivity index (χ3v) is 3.32. The maximum atomic E-state index is 11.9. The Kier molecular flexibility index (Phi) is 4.85. The largest absolute Gasteiger partial charge is 0.486 e. The third kappa shape index (κ3) is 3.55. The van der Waals surface area contributed by atoms with E-state index in [2.05, 4.69) is 5.10 Å². The van der Waals surface area contributed by atoms with Gasteiger partial charge >= 0.3 is 5.97 Å². The fourth-order valence-corrected chi connectivity index (χ4v) is 2.05. The molecule has 0 aliphatic carbocycles. The number of ether oxygens (including phenoxy) is 2. The second kappa shape index (κ2) is 6.63. The van der Waals surface area contributed by atoms with Crippen LogP contribution in [0.4, 0.5) is 0 Å². The minimum atomic E-state index is -0.403. The highest BCUT2D eigenvalue weighted by atomic mass is 35.5. The SMILES string of the molecule is CCOC(=O)c1cnn(C)c1COc1cc(C)ccc1Cl. The predicted octanol–water partition coefficient (Wildman–Crippen LogP) is 3.14. The summed E-state index contributed by atoms with van der Waals surface area (Å²) >= 11 is 6.09. The van der Waals surface area contributed by atoms with Gasteiger partial charge in [-0.15, -0.1) is 0 Å². The van der Waals surface area contributed by atoms with Crippen LogP contribution in [0.3, 0.4) is 0 Å². The molecule has 112 valence electrons. The number of aryl methyl sites for hydroxylation is 2. The molecule has 0 spiro atoms. The van der Waals surface area contributed by atoms with Gasteiger partial charge in [0.1, 0.15) is 17.9 Å². The zero-order chi connectivity index (χ0) is 15.4. The fraction of sp³-hybridized carbons (Fsp3) is 0.333. The van der Waals surface area contributed by atoms with Gasteiger partial charge in [-0.3, -0.25) is 4.68 Å². The summed E-state index contributed by atoms with van der Waals surface area (Å²) < 4.78 is 12.3. The van der Waals surface area contributed by atoms with Gasteiger partial charge in [-0.25, -0.2) is 4.79 Å². The van der Waals surface area contributed by atoms with Crippen LogP contribution >= 0.6 is 11.6 Å². The molecule has 0 N–H and O–H groups in total. The first-order valence-electron chi connectivity index (χ1n) is 6.60. The van der Waals surface area contributed by atoms with Crippen molar-refractivity contribution in [3.05, 3.63) is 46.2 Å². The van der Waals surface area contributed by atoms with Gasteiger partial charge in [0.2, 0.25) is 0 Å². The molecule has 0 atom stereocenters. The fourth-order valence-electron chi connectivity index (χ4n) is 1.88. The van der Waals surface area contributed by atoms with Gasteiger partial charge in [-0.1, -0.05) is 17.7 Å². The maximum Gasteiger partial charge on any atom is 0.341 e. The minimum absolute atomic E-state index is 0.188. The Morgan fingerprint density at radius 3 is 2.90 bits per heavy atom. The molecule has 0 bridgehead atoms. The van der Waals surface area contributed by atoms with Crippen LogP contribution in [0.1, 0.15) is 28.5 Å². The van der Waals surface area contributed by atoms with E-state index in [1.54, 1.807) is 24.7 Å². The molecule has 6 heteroatoms. The molecule has 0 fully saturated rings. The van der Waals surface area contributed by atoms with Gasteiger partial charge in [0, 0.05) is 7.05 Å². The zero-order valence-electron chi connectivity index (χ0n) is 12.2. The van der Waals surface area contributed by atoms with Crippen molar-refractivity contribution >= 4 is 17.6 Å². The lowest BCUT2D eigenvalue weighted by molar-refractivity contribution is 0.0523. The Morgan fingerprint density at radius 1 is 1.43 bits per heavy atom. The Morgan fingerprint density at radius 2 is 2.19 bits per heavy atom. The highest BCUT2D eigenvalue weighted by Gasteiger charge is 2.18. The van der Waals surface area contributed by atoms with Crippen molar-refractivity contribution in [3.8, 4) is 5.75 Å². The van der Waals surface area contributed by atoms with Crippen LogP contribution in [0.2, 0.25) is 5.02 Å². The Labute approximate surface area is 128 Å². The van der Waals surface area contributed by atoms with E-state index < -0.39 is 5.97 Å². The topological polar surface area (TPSA) is 53.3 Å². The minimum Gasteiger partial charge on any atom is -0.486 e. The number of hydrogen-bond donors (Lipinski definition) is 0. The number of carbonyl (C=O) groups excluding carboxylic acids is 1. The van der Waals surface area contributed by atoms with Crippen molar-refractivity contribution in [2.24, 2.45) is 7.05 Å². The van der Waals surface area contributed by atoms with Crippen LogP contribution in [0.25, 0.3) is 0 Å². The number of aromatic nitrogens is 2. The van der Waals surface area contributed by atoms with Crippen LogP contribution < -0.4 is 4.74 Å². The summed E-state index contributed by atoms with van der Waals surface area (Å²) in [5.41, 5.74) is 2.10. The summed E-state index contributed by atoms with van der Waals surface area (Å²) in [5, 5.41) is 4.60. The molecule has 21 heavy (non-hydrogen) atoms. The lowest BCUT2D eigenvalue weighted by Gasteiger charge is -2.10. The molecule has 2 rings (SSSR count). The Bertz CT molecular complexity index is 652. The molecule has 0 amide bonds. The molecule has 0 radical (unpaired) electrons. The molecule has 1 aromatic heterocycles. The molecule has 0 saturated heterocycles. The Hall–Kier alpha value is -2.01. The van der Waals surface area contributed by atoms with E-state index in [4.69, 9.17) is 21.1 Å². The molecule has 0 aliphatic heterocycles. The first kappa shape index (κ1) is 15.4. The second-order valence-corrected chi connectivity index (χ2v) is 4.98. The highest BCUT2D eigenvalue weighted by molar-refractivity contribution is 6.32. The van der Waals surface area contributed by atoms with Gasteiger partial charge in [0.05, 0.1) is 23.5 Å². The number of halogens is 1. The van der Waals surface area contributed by atoms with Crippen LogP contribution in [0.5, 0.6) is 5.75 Å². The summed E-state index contributed by atoms with van der Waals surface area (Å²) in [6, 6.07) is 5.54. The van der Waals surface area contributed by atoms with Crippen molar-refractivity contribution < 1.29 is 14.3 Å². The van der Waals surface area contributed by atoms with Crippen molar-refractivity contribution in [2.75, 3.05) is 6.61 Å². The first-order valence-corrected chi connectivity index (χ1v) is 6.97. The van der Waals surface area contributed by atoms with Crippen LogP contribution in [-0.2, 0) is 18.4 Å². The monoisotopic (exact) mass is 308 g/mol. The molecule has 0 unspecified atom stereocenters. The van der Waals surface area contributed by atoms with E-state index in [9.17, 15) is 4.79 Å². The van der Waals surface area contributed by atoms with Crippen LogP contribution in [-0.4, -0.2) is 22.4 Å². The van der Waals surface area contributed by atoms with Gasteiger partial charge in [-0.2, -0.15) is 5.10 Å². The molecule has 5 nitrogen and oxygen atoms in total. The number of hydrogen-bond acceptors (Lipinski definition) is 4. The predicted molar refractivity (Wildman–Crippen MR) is 79.7 cm³/mol. The second-order valence-electron chi connectivity index (χ2n) is 4.57. The summed E-state index contributed by atoms with van der Waals surface area (Å²) in [7, 11) is 1.75. The average Bonchev–Trinajstić information content (AvgIpc) is 2.81. The van der Waals surface area contributed by atoms with Gasteiger partial charge in [0.25, 0.3) is 0 Å². The van der Waals surface area contributed by atoms with Gasteiger partial charge in [0.15, 0.2) is 0 Å². The normalized spacial score (nSPS) is 10.5. The summed E-state index contributed by atoms with van der Waals surface area (Å²) in [4.78, 5) is 11.9. The van der Waals surface area contributed by atoms with Crippen molar-refractivity contribution in [1.82, 2.24) is 9.78 Å². The quantitative estimate of drug-likeness (QED) is 0.796. The molecule has 0 aliphatic rings. The summed E-state index contributed by atoms with van der Waals surface area (Å²) in [5.74, 6) is 0.173. The first-order chi connectivity index (χ1) is 10.0. The maximum absolute atomic E-state index is 11.9. The summed E-state index contributed by atoms with van der Waals surface area (Å²) in [6.07, 6.45) is 1.48. The number of nitrogens with zero attached hydrogens (tertiary/aromatic N) is 2. The van der Waals surface area contributed by atoms with Crippen LogP contribution in [0.15, 0.2) is 24.4 Å². The third-order valence-electron chi connectivity index (χ3n) is 3.01. The van der Waals surface area contributed by atoms with Crippen molar-refractivity contribution in [1.29, 1.82) is 0 Å². The van der Waals surface area contributed by atoms with Crippen molar-refractivity contribution in [3.63, 3.8) is 0 Å². The highest BCUT2D eigenvalue weighted by Crippen LogP contribution is 2.26. The van der Waals surface area contributed by atoms with Gasteiger partial charge < -0.3 is 9.47 Å². The summed E-state index contributed by atoms with van der Waals surface area (Å²) in [6.45, 7) is 4.22. The van der Waals surface area contributed by atoms with Crippen molar-refractivity contribution in [2.45, 2.75) is 20.5 Å². The molecule has 0 saturated carbocycles. The standard InChI is InChI=1S/C15H17ClN2O3/c1-4-20-15(19)11-8-17-18(3)13(11)9-21-14-7-10(2)5-6-12(14)16/h5-8H,4,9H2,1-3H3. The average molecular weight is 309 g/mol. The smallest absolute Gasteiger partial charge is 0.341 e. The van der Waals surface area contributed by atoms with E-state index in [1.807, 2.05) is 19.1 Å². The molecular weight excluding hydrogens is 292 g/mol. The number of rotatable bonds is 5. The van der Waals surface area contributed by atoms with E-state index in [0.29, 0.717) is 28.6 Å². The lowest BCUT2D eigenvalue weighted by atomic mass is 10.2. The van der Waals surface area contributed by atoms with Gasteiger partial charge in [-0.05, 0) is 31.5 Å². The van der Waals surface area contributed by atoms with E-state index in [-0.39, 0.29) is 6.61 Å². The van der Waals surface area contributed by atoms with Crippen LogP contribution in [0, 0.1) is 6.92 Å². The molecule has 2 aromatic rings. The molecule has 1 aromatic carbocycles. The zero-order valence-corrected chi connectivity index (χ0v) is 13.0. The number of esters is 1. The molecular formula is C15H17ClN2O3. The van der Waals surface area contributed by atoms with E-state index in [1.165, 1.54) is 6.20 Å². The number of carbonyl (C=O) groups is 1. The molecule has 1 heterocycles.